The molecule has 3 nitrogen and oxygen atoms in total. The van der Waals surface area contributed by atoms with Crippen molar-refractivity contribution in [1.29, 1.82) is 0 Å². The Morgan fingerprint density at radius 2 is 1.48 bits per heavy atom. The van der Waals surface area contributed by atoms with Gasteiger partial charge in [0.15, 0.2) is 11.0 Å². The van der Waals surface area contributed by atoms with Gasteiger partial charge in [0, 0.05) is 21.5 Å². The topological polar surface area (TPSA) is 30.7 Å². The predicted octanol–water partition coefficient (Wildman–Crippen LogP) is 7.60. The first kappa shape index (κ1) is 21.8. The fraction of sp³-hybridized carbons (Fsp3) is 0.231. The van der Waals surface area contributed by atoms with E-state index in [2.05, 4.69) is 131 Å². The molecule has 0 aliphatic carbocycles. The van der Waals surface area contributed by atoms with Crippen LogP contribution in [0.5, 0.6) is 0 Å². The summed E-state index contributed by atoms with van der Waals surface area (Å²) in [5.74, 6) is 1.70. The third-order valence-corrected chi connectivity index (χ3v) is 6.74. The van der Waals surface area contributed by atoms with Gasteiger partial charge in [-0.1, -0.05) is 103 Å². The molecule has 0 atom stereocenters. The van der Waals surface area contributed by atoms with Crippen LogP contribution in [-0.4, -0.2) is 14.8 Å². The summed E-state index contributed by atoms with van der Waals surface area (Å²) in [6, 6.07) is 25.6. The molecule has 1 heterocycles. The standard InChI is InChI=1S/C26H26BrN3S/c1-18-5-15-23(16-6-18)30-24(20-9-11-21(12-10-20)26(2,3)4)28-29-25(30)31-17-19-7-13-22(27)14-8-19/h5-16H,17H2,1-4H3. The molecule has 3 aromatic carbocycles. The molecule has 0 N–H and O–H groups in total. The molecule has 0 fully saturated rings. The number of hydrogen-bond donors (Lipinski definition) is 0. The Kier molecular flexibility index (Phi) is 6.35. The van der Waals surface area contributed by atoms with Crippen LogP contribution in [0.1, 0.15) is 37.5 Å². The van der Waals surface area contributed by atoms with Crippen molar-refractivity contribution in [2.24, 2.45) is 0 Å². The lowest BCUT2D eigenvalue weighted by atomic mass is 9.87. The maximum absolute atomic E-state index is 4.59. The summed E-state index contributed by atoms with van der Waals surface area (Å²) in [4.78, 5) is 0. The number of halogens is 1. The first-order valence-electron chi connectivity index (χ1n) is 10.3. The fourth-order valence-electron chi connectivity index (χ4n) is 3.32. The van der Waals surface area contributed by atoms with Gasteiger partial charge in [-0.3, -0.25) is 4.57 Å². The highest BCUT2D eigenvalue weighted by Gasteiger charge is 2.18. The van der Waals surface area contributed by atoms with E-state index < -0.39 is 0 Å². The van der Waals surface area contributed by atoms with Crippen molar-refractivity contribution in [2.45, 2.75) is 44.0 Å². The summed E-state index contributed by atoms with van der Waals surface area (Å²) in [6.07, 6.45) is 0. The molecule has 0 saturated heterocycles. The van der Waals surface area contributed by atoms with Gasteiger partial charge in [0.05, 0.1) is 0 Å². The van der Waals surface area contributed by atoms with E-state index in [9.17, 15) is 0 Å². The smallest absolute Gasteiger partial charge is 0.196 e. The summed E-state index contributed by atoms with van der Waals surface area (Å²) in [7, 11) is 0. The number of rotatable bonds is 5. The summed E-state index contributed by atoms with van der Waals surface area (Å²) in [5.41, 5.74) is 6.05. The zero-order chi connectivity index (χ0) is 22.0. The Morgan fingerprint density at radius 3 is 2.10 bits per heavy atom. The van der Waals surface area contributed by atoms with Gasteiger partial charge < -0.3 is 0 Å². The molecule has 31 heavy (non-hydrogen) atoms. The van der Waals surface area contributed by atoms with Crippen molar-refractivity contribution in [1.82, 2.24) is 14.8 Å². The molecule has 0 unspecified atom stereocenters. The molecule has 0 saturated carbocycles. The van der Waals surface area contributed by atoms with E-state index in [4.69, 9.17) is 0 Å². The van der Waals surface area contributed by atoms with Gasteiger partial charge >= 0.3 is 0 Å². The van der Waals surface area contributed by atoms with Crippen molar-refractivity contribution < 1.29 is 0 Å². The molecule has 0 aliphatic rings. The highest BCUT2D eigenvalue weighted by molar-refractivity contribution is 9.10. The third kappa shape index (κ3) is 5.10. The normalized spacial score (nSPS) is 11.6. The van der Waals surface area contributed by atoms with Crippen LogP contribution < -0.4 is 0 Å². The second-order valence-electron chi connectivity index (χ2n) is 8.72. The minimum absolute atomic E-state index is 0.120. The highest BCUT2D eigenvalue weighted by atomic mass is 79.9. The van der Waals surface area contributed by atoms with Crippen molar-refractivity contribution in [3.8, 4) is 17.1 Å². The first-order chi connectivity index (χ1) is 14.8. The van der Waals surface area contributed by atoms with E-state index in [1.807, 2.05) is 0 Å². The fourth-order valence-corrected chi connectivity index (χ4v) is 4.50. The summed E-state index contributed by atoms with van der Waals surface area (Å²) in [6.45, 7) is 8.79. The summed E-state index contributed by atoms with van der Waals surface area (Å²) < 4.78 is 3.25. The lowest BCUT2D eigenvalue weighted by Crippen LogP contribution is -2.10. The Bertz CT molecular complexity index is 1160. The van der Waals surface area contributed by atoms with Gasteiger partial charge in [-0.05, 0) is 47.7 Å². The van der Waals surface area contributed by atoms with Crippen molar-refractivity contribution >= 4 is 27.7 Å². The zero-order valence-corrected chi connectivity index (χ0v) is 20.7. The molecule has 158 valence electrons. The molecule has 0 amide bonds. The largest absolute Gasteiger partial charge is 0.270 e. The second-order valence-corrected chi connectivity index (χ2v) is 10.6. The van der Waals surface area contributed by atoms with E-state index in [0.29, 0.717) is 0 Å². The summed E-state index contributed by atoms with van der Waals surface area (Å²) >= 11 is 5.20. The lowest BCUT2D eigenvalue weighted by molar-refractivity contribution is 0.590. The molecule has 0 aliphatic heterocycles. The monoisotopic (exact) mass is 491 g/mol. The van der Waals surface area contributed by atoms with Gasteiger partial charge in [0.1, 0.15) is 0 Å². The first-order valence-corrected chi connectivity index (χ1v) is 12.1. The molecule has 5 heteroatoms. The minimum atomic E-state index is 0.120. The SMILES string of the molecule is Cc1ccc(-n2c(SCc3ccc(Br)cc3)nnc2-c2ccc(C(C)(C)C)cc2)cc1. The average Bonchev–Trinajstić information content (AvgIpc) is 3.17. The van der Waals surface area contributed by atoms with Crippen LogP contribution in [-0.2, 0) is 11.2 Å². The summed E-state index contributed by atoms with van der Waals surface area (Å²) in [5, 5.41) is 10.0. The Hall–Kier alpha value is -2.37. The van der Waals surface area contributed by atoms with Crippen LogP contribution in [0.15, 0.2) is 82.4 Å². The third-order valence-electron chi connectivity index (χ3n) is 5.22. The number of aromatic nitrogens is 3. The Morgan fingerprint density at radius 1 is 0.839 bits per heavy atom. The second kappa shape index (κ2) is 9.01. The molecular formula is C26H26BrN3S. The van der Waals surface area contributed by atoms with Crippen LogP contribution in [0.2, 0.25) is 0 Å². The maximum Gasteiger partial charge on any atom is 0.196 e. The molecule has 4 rings (SSSR count). The Labute approximate surface area is 197 Å². The van der Waals surface area contributed by atoms with E-state index in [-0.39, 0.29) is 5.41 Å². The molecular weight excluding hydrogens is 466 g/mol. The molecule has 0 radical (unpaired) electrons. The Balaban J connectivity index is 1.71. The lowest BCUT2D eigenvalue weighted by Gasteiger charge is -2.19. The number of aryl methyl sites for hydroxylation is 1. The minimum Gasteiger partial charge on any atom is -0.270 e. The van der Waals surface area contributed by atoms with E-state index in [0.717, 1.165) is 32.5 Å². The zero-order valence-electron chi connectivity index (χ0n) is 18.3. The van der Waals surface area contributed by atoms with Gasteiger partial charge in [0.2, 0.25) is 0 Å². The van der Waals surface area contributed by atoms with Crippen LogP contribution in [0.3, 0.4) is 0 Å². The molecule has 4 aromatic rings. The van der Waals surface area contributed by atoms with Crippen LogP contribution in [0.25, 0.3) is 17.1 Å². The molecule has 0 bridgehead atoms. The van der Waals surface area contributed by atoms with E-state index in [1.165, 1.54) is 16.7 Å². The number of thioether (sulfide) groups is 1. The molecule has 1 aromatic heterocycles. The van der Waals surface area contributed by atoms with Gasteiger partial charge in [-0.15, -0.1) is 10.2 Å². The van der Waals surface area contributed by atoms with Gasteiger partial charge in [0.25, 0.3) is 0 Å². The van der Waals surface area contributed by atoms with Crippen molar-refractivity contribution in [3.05, 3.63) is 94.0 Å². The van der Waals surface area contributed by atoms with Crippen LogP contribution in [0, 0.1) is 6.92 Å². The van der Waals surface area contributed by atoms with Crippen molar-refractivity contribution in [3.63, 3.8) is 0 Å². The van der Waals surface area contributed by atoms with Crippen LogP contribution in [0.4, 0.5) is 0 Å². The number of hydrogen-bond acceptors (Lipinski definition) is 3. The number of nitrogens with zero attached hydrogens (tertiary/aromatic N) is 3. The number of benzene rings is 3. The predicted molar refractivity (Wildman–Crippen MR) is 134 cm³/mol. The highest BCUT2D eigenvalue weighted by Crippen LogP contribution is 2.31. The van der Waals surface area contributed by atoms with E-state index >= 15 is 0 Å². The maximum atomic E-state index is 4.59. The average molecular weight is 492 g/mol. The molecule has 0 spiro atoms. The van der Waals surface area contributed by atoms with Crippen LogP contribution >= 0.6 is 27.7 Å². The van der Waals surface area contributed by atoms with Gasteiger partial charge in [-0.25, -0.2) is 0 Å². The van der Waals surface area contributed by atoms with Crippen molar-refractivity contribution in [2.75, 3.05) is 0 Å². The van der Waals surface area contributed by atoms with Gasteiger partial charge in [-0.2, -0.15) is 0 Å². The van der Waals surface area contributed by atoms with E-state index in [1.54, 1.807) is 11.8 Å². The quantitative estimate of drug-likeness (QED) is 0.269.